The monoisotopic (exact) mass is 737 g/mol. The Kier molecular flexibility index (Phi) is 15.4. The van der Waals surface area contributed by atoms with Crippen molar-refractivity contribution in [3.05, 3.63) is 59.7 Å². The molecular weight excluding hydrogens is 678 g/mol. The van der Waals surface area contributed by atoms with E-state index in [4.69, 9.17) is 23.7 Å². The fourth-order valence-corrected chi connectivity index (χ4v) is 6.73. The molecule has 0 bridgehead atoms. The zero-order valence-corrected chi connectivity index (χ0v) is 32.6. The molecule has 1 saturated carbocycles. The quantitative estimate of drug-likeness (QED) is 0.121. The maximum absolute atomic E-state index is 14.2. The van der Waals surface area contributed by atoms with Gasteiger partial charge in [0.1, 0.15) is 5.60 Å². The molecule has 12 heteroatoms. The first-order chi connectivity index (χ1) is 25.3. The van der Waals surface area contributed by atoms with E-state index in [1.54, 1.807) is 61.6 Å². The predicted octanol–water partition coefficient (Wildman–Crippen LogP) is 6.75. The summed E-state index contributed by atoms with van der Waals surface area (Å²) >= 11 is 0. The van der Waals surface area contributed by atoms with Gasteiger partial charge >= 0.3 is 12.1 Å². The number of esters is 1. The van der Waals surface area contributed by atoms with Gasteiger partial charge in [-0.1, -0.05) is 18.2 Å². The molecule has 2 aliphatic rings. The zero-order chi connectivity index (χ0) is 38.5. The molecule has 53 heavy (non-hydrogen) atoms. The summed E-state index contributed by atoms with van der Waals surface area (Å²) in [5, 5.41) is 0. The highest BCUT2D eigenvalue weighted by Gasteiger charge is 2.40. The van der Waals surface area contributed by atoms with Gasteiger partial charge < -0.3 is 38.4 Å². The standard InChI is InChI=1S/C41H59N3O9/c1-29(2)44(38(46)31-16-21-35(50-7)36(27-31)51-26-12-24-49-6)34-20-19-33(43(28-34)40(48)53-41(3,4)5)22-23-42(32-17-18-32)37(45)15-11-25-52-39(47)30-13-9-8-10-14-30/h8-10,13-14,16,21,27,29,32-34H,11-12,15,17-20,22-26,28H2,1-7H3/t33-,34-/m1/s1. The largest absolute Gasteiger partial charge is 0.493 e. The molecule has 12 nitrogen and oxygen atoms in total. The first kappa shape index (κ1) is 41.4. The van der Waals surface area contributed by atoms with E-state index in [1.165, 1.54) is 0 Å². The van der Waals surface area contributed by atoms with Crippen molar-refractivity contribution < 1.29 is 42.9 Å². The van der Waals surface area contributed by atoms with Crippen LogP contribution >= 0.6 is 0 Å². The van der Waals surface area contributed by atoms with E-state index in [-0.39, 0.29) is 49.0 Å². The van der Waals surface area contributed by atoms with Crippen LogP contribution in [-0.2, 0) is 19.0 Å². The van der Waals surface area contributed by atoms with E-state index in [0.717, 1.165) is 12.8 Å². The number of carbonyl (C=O) groups excluding carboxylic acids is 4. The Bertz CT molecular complexity index is 1510. The molecule has 292 valence electrons. The van der Waals surface area contributed by atoms with Crippen molar-refractivity contribution in [2.24, 2.45) is 0 Å². The van der Waals surface area contributed by atoms with Crippen LogP contribution in [0.1, 0.15) is 107 Å². The van der Waals surface area contributed by atoms with Crippen molar-refractivity contribution in [3.63, 3.8) is 0 Å². The summed E-state index contributed by atoms with van der Waals surface area (Å²) in [4.78, 5) is 59.2. The van der Waals surface area contributed by atoms with Gasteiger partial charge in [-0.15, -0.1) is 0 Å². The average Bonchev–Trinajstić information content (AvgIpc) is 3.97. The molecule has 1 aliphatic heterocycles. The van der Waals surface area contributed by atoms with Crippen LogP contribution in [-0.4, -0.2) is 115 Å². The lowest BCUT2D eigenvalue weighted by atomic mass is 9.93. The molecule has 0 aromatic heterocycles. The molecule has 0 unspecified atom stereocenters. The van der Waals surface area contributed by atoms with Crippen molar-refractivity contribution in [2.75, 3.05) is 47.1 Å². The number of carbonyl (C=O) groups is 4. The number of amides is 3. The number of methoxy groups -OCH3 is 2. The molecule has 2 aromatic carbocycles. The zero-order valence-electron chi connectivity index (χ0n) is 32.6. The number of benzene rings is 2. The van der Waals surface area contributed by atoms with Gasteiger partial charge in [-0.25, -0.2) is 9.59 Å². The van der Waals surface area contributed by atoms with Crippen LogP contribution in [0.2, 0.25) is 0 Å². The molecule has 0 radical (unpaired) electrons. The van der Waals surface area contributed by atoms with E-state index < -0.39 is 17.7 Å². The molecule has 2 fully saturated rings. The van der Waals surface area contributed by atoms with Gasteiger partial charge in [0.15, 0.2) is 11.5 Å². The van der Waals surface area contributed by atoms with Crippen LogP contribution in [0.4, 0.5) is 4.79 Å². The molecule has 4 rings (SSSR count). The number of rotatable bonds is 18. The first-order valence-electron chi connectivity index (χ1n) is 19.0. The topological polar surface area (TPSA) is 124 Å². The third kappa shape index (κ3) is 12.4. The van der Waals surface area contributed by atoms with Gasteiger partial charge in [-0.05, 0) is 103 Å². The maximum Gasteiger partial charge on any atom is 0.410 e. The van der Waals surface area contributed by atoms with E-state index in [2.05, 4.69) is 0 Å². The third-order valence-electron chi connectivity index (χ3n) is 9.44. The summed E-state index contributed by atoms with van der Waals surface area (Å²) in [6.07, 6.45) is 4.81. The molecule has 1 heterocycles. The number of ether oxygens (including phenoxy) is 5. The Labute approximate surface area is 315 Å². The minimum atomic E-state index is -0.704. The SMILES string of the molecule is COCCCOc1cc(C(=O)N(C(C)C)[C@@H]2CC[C@H](CCN(C(=O)CCCOC(=O)c3ccccc3)C3CC3)N(C(=O)OC(C)(C)C)C2)ccc1OC. The van der Waals surface area contributed by atoms with Crippen LogP contribution in [0.25, 0.3) is 0 Å². The van der Waals surface area contributed by atoms with Crippen LogP contribution in [0, 0.1) is 0 Å². The lowest BCUT2D eigenvalue weighted by Gasteiger charge is -2.45. The van der Waals surface area contributed by atoms with Crippen LogP contribution in [0.5, 0.6) is 11.5 Å². The Hall–Kier alpha value is -4.32. The fourth-order valence-electron chi connectivity index (χ4n) is 6.73. The molecule has 2 atom stereocenters. The molecular formula is C41H59N3O9. The van der Waals surface area contributed by atoms with E-state index in [9.17, 15) is 19.2 Å². The minimum Gasteiger partial charge on any atom is -0.493 e. The van der Waals surface area contributed by atoms with Crippen LogP contribution in [0.15, 0.2) is 48.5 Å². The summed E-state index contributed by atoms with van der Waals surface area (Å²) in [6, 6.07) is 13.6. The molecule has 1 aliphatic carbocycles. The van der Waals surface area contributed by atoms with Gasteiger partial charge in [-0.2, -0.15) is 0 Å². The predicted molar refractivity (Wildman–Crippen MR) is 201 cm³/mol. The van der Waals surface area contributed by atoms with Gasteiger partial charge in [0.05, 0.1) is 31.9 Å². The normalized spacial score (nSPS) is 17.2. The lowest BCUT2D eigenvalue weighted by molar-refractivity contribution is -0.132. The van der Waals surface area contributed by atoms with Crippen molar-refractivity contribution >= 4 is 23.9 Å². The van der Waals surface area contributed by atoms with Gasteiger partial charge in [-0.3, -0.25) is 9.59 Å². The Morgan fingerprint density at radius 3 is 2.21 bits per heavy atom. The van der Waals surface area contributed by atoms with Crippen molar-refractivity contribution in [3.8, 4) is 11.5 Å². The lowest BCUT2D eigenvalue weighted by Crippen LogP contribution is -2.58. The first-order valence-corrected chi connectivity index (χ1v) is 19.0. The van der Waals surface area contributed by atoms with Crippen molar-refractivity contribution in [1.29, 1.82) is 0 Å². The minimum absolute atomic E-state index is 0.0267. The molecule has 1 saturated heterocycles. The maximum atomic E-state index is 14.2. The van der Waals surface area contributed by atoms with Crippen molar-refractivity contribution in [1.82, 2.24) is 14.7 Å². The summed E-state index contributed by atoms with van der Waals surface area (Å²) in [5.41, 5.74) is 0.253. The highest BCUT2D eigenvalue weighted by molar-refractivity contribution is 5.95. The second kappa shape index (κ2) is 19.7. The second-order valence-corrected chi connectivity index (χ2v) is 15.1. The smallest absolute Gasteiger partial charge is 0.410 e. The average molecular weight is 738 g/mol. The van der Waals surface area contributed by atoms with Crippen LogP contribution in [0.3, 0.4) is 0 Å². The summed E-state index contributed by atoms with van der Waals surface area (Å²) in [5.74, 6) is 0.497. The van der Waals surface area contributed by atoms with E-state index >= 15 is 0 Å². The highest BCUT2D eigenvalue weighted by Crippen LogP contribution is 2.33. The number of hydrogen-bond acceptors (Lipinski definition) is 9. The second-order valence-electron chi connectivity index (χ2n) is 15.1. The molecule has 3 amide bonds. The Morgan fingerprint density at radius 2 is 1.57 bits per heavy atom. The summed E-state index contributed by atoms with van der Waals surface area (Å²) in [6.45, 7) is 11.4. The Morgan fingerprint density at radius 1 is 0.849 bits per heavy atom. The molecule has 2 aromatic rings. The Balaban J connectivity index is 1.42. The van der Waals surface area contributed by atoms with Gasteiger partial charge in [0, 0.05) is 63.3 Å². The molecule has 0 N–H and O–H groups in total. The molecule has 0 spiro atoms. The number of piperidine rings is 1. The fraction of sp³-hybridized carbons (Fsp3) is 0.610. The number of likely N-dealkylation sites (tertiary alicyclic amines) is 1. The third-order valence-corrected chi connectivity index (χ3v) is 9.44. The van der Waals surface area contributed by atoms with Gasteiger partial charge in [0.2, 0.25) is 5.91 Å². The van der Waals surface area contributed by atoms with Gasteiger partial charge in [0.25, 0.3) is 5.91 Å². The number of hydrogen-bond donors (Lipinski definition) is 0. The van der Waals surface area contributed by atoms with Crippen LogP contribution < -0.4 is 9.47 Å². The van der Waals surface area contributed by atoms with Crippen molar-refractivity contribution in [2.45, 2.75) is 116 Å². The summed E-state index contributed by atoms with van der Waals surface area (Å²) in [7, 11) is 3.20. The number of nitrogens with zero attached hydrogens (tertiary/aromatic N) is 3. The highest BCUT2D eigenvalue weighted by atomic mass is 16.6. The van der Waals surface area contributed by atoms with E-state index in [1.807, 2.05) is 50.5 Å². The van der Waals surface area contributed by atoms with E-state index in [0.29, 0.717) is 81.0 Å². The summed E-state index contributed by atoms with van der Waals surface area (Å²) < 4.78 is 27.9.